The van der Waals surface area contributed by atoms with Gasteiger partial charge >= 0.3 is 0 Å². The summed E-state index contributed by atoms with van der Waals surface area (Å²) in [6.07, 6.45) is 11.1. The lowest BCUT2D eigenvalue weighted by molar-refractivity contribution is 0.114. The second-order valence-electron chi connectivity index (χ2n) is 11.6. The molecule has 3 aliphatic rings. The van der Waals surface area contributed by atoms with E-state index in [0.717, 1.165) is 76.2 Å². The van der Waals surface area contributed by atoms with Gasteiger partial charge in [0.15, 0.2) is 10.2 Å². The average Bonchev–Trinajstić information content (AvgIpc) is 3.68. The average molecular weight is 581 g/mol. The lowest BCUT2D eigenvalue weighted by Gasteiger charge is -2.39. The predicted octanol–water partition coefficient (Wildman–Crippen LogP) is 6.48. The molecule has 0 aromatic heterocycles. The van der Waals surface area contributed by atoms with Gasteiger partial charge in [-0.15, -0.1) is 0 Å². The molecule has 3 fully saturated rings. The highest BCUT2D eigenvalue weighted by Crippen LogP contribution is 2.46. The summed E-state index contributed by atoms with van der Waals surface area (Å²) in [4.78, 5) is 0. The Morgan fingerprint density at radius 3 is 1.60 bits per heavy atom. The highest BCUT2D eigenvalue weighted by molar-refractivity contribution is 7.80. The maximum absolute atomic E-state index is 5.71. The Morgan fingerprint density at radius 1 is 0.725 bits per heavy atom. The molecule has 8 heteroatoms. The summed E-state index contributed by atoms with van der Waals surface area (Å²) < 4.78 is 11.4. The van der Waals surface area contributed by atoms with Crippen LogP contribution < -0.4 is 21.3 Å². The molecule has 2 atom stereocenters. The van der Waals surface area contributed by atoms with Gasteiger partial charge in [-0.1, -0.05) is 43.5 Å². The van der Waals surface area contributed by atoms with Crippen LogP contribution in [0, 0.1) is 13.8 Å². The molecule has 6 nitrogen and oxygen atoms in total. The molecule has 4 N–H and O–H groups in total. The monoisotopic (exact) mass is 580 g/mol. The summed E-state index contributed by atoms with van der Waals surface area (Å²) in [7, 11) is 0. The topological polar surface area (TPSA) is 66.6 Å². The van der Waals surface area contributed by atoms with Crippen molar-refractivity contribution >= 4 is 46.0 Å². The highest BCUT2D eigenvalue weighted by atomic mass is 32.1. The zero-order valence-electron chi connectivity index (χ0n) is 23.9. The Kier molecular flexibility index (Phi) is 9.94. The summed E-state index contributed by atoms with van der Waals surface area (Å²) in [5.74, 6) is 0. The molecule has 5 rings (SSSR count). The number of thiocarbonyl (C=S) groups is 2. The van der Waals surface area contributed by atoms with E-state index in [1.54, 1.807) is 0 Å². The first-order valence-electron chi connectivity index (χ1n) is 15.0. The number of nitrogens with one attached hydrogen (secondary N) is 4. The van der Waals surface area contributed by atoms with Gasteiger partial charge in [-0.2, -0.15) is 0 Å². The molecule has 0 spiro atoms. The fraction of sp³-hybridized carbons (Fsp3) is 0.562. The van der Waals surface area contributed by atoms with Gasteiger partial charge < -0.3 is 30.7 Å². The van der Waals surface area contributed by atoms with Gasteiger partial charge in [0.25, 0.3) is 0 Å². The largest absolute Gasteiger partial charge is 0.376 e. The van der Waals surface area contributed by atoms with Gasteiger partial charge in [-0.3, -0.25) is 0 Å². The van der Waals surface area contributed by atoms with Crippen molar-refractivity contribution in [2.45, 2.75) is 89.3 Å². The number of benzene rings is 2. The van der Waals surface area contributed by atoms with Crippen molar-refractivity contribution in [1.82, 2.24) is 10.6 Å². The third-order valence-electron chi connectivity index (χ3n) is 8.79. The Bertz CT molecular complexity index is 1100. The normalized spacial score (nSPS) is 22.1. The highest BCUT2D eigenvalue weighted by Gasteiger charge is 2.36. The van der Waals surface area contributed by atoms with Crippen LogP contribution in [0.3, 0.4) is 0 Å². The molecule has 1 saturated carbocycles. The van der Waals surface area contributed by atoms with Crippen molar-refractivity contribution in [1.29, 1.82) is 0 Å². The van der Waals surface area contributed by atoms with Crippen molar-refractivity contribution in [2.24, 2.45) is 0 Å². The van der Waals surface area contributed by atoms with E-state index in [2.05, 4.69) is 71.5 Å². The van der Waals surface area contributed by atoms with Crippen molar-refractivity contribution in [3.05, 3.63) is 58.7 Å². The van der Waals surface area contributed by atoms with E-state index in [1.165, 1.54) is 41.5 Å². The van der Waals surface area contributed by atoms with Gasteiger partial charge in [0.05, 0.1) is 12.2 Å². The minimum absolute atomic E-state index is 0.0158. The number of hydrogen-bond donors (Lipinski definition) is 4. The first-order valence-corrected chi connectivity index (χ1v) is 15.8. The maximum atomic E-state index is 5.71. The van der Waals surface area contributed by atoms with E-state index < -0.39 is 0 Å². The summed E-state index contributed by atoms with van der Waals surface area (Å²) in [5, 5.41) is 14.8. The molecule has 2 aromatic rings. The molecule has 0 radical (unpaired) electrons. The Hall–Kier alpha value is -2.26. The summed E-state index contributed by atoms with van der Waals surface area (Å²) in [6.45, 7) is 7.57. The van der Waals surface area contributed by atoms with Crippen LogP contribution in [0.25, 0.3) is 0 Å². The molecule has 2 saturated heterocycles. The van der Waals surface area contributed by atoms with Gasteiger partial charge in [0, 0.05) is 43.1 Å². The lowest BCUT2D eigenvalue weighted by Crippen LogP contribution is -2.35. The second kappa shape index (κ2) is 13.6. The quantitative estimate of drug-likeness (QED) is 0.265. The molecule has 0 bridgehead atoms. The van der Waals surface area contributed by atoms with Gasteiger partial charge in [-0.25, -0.2) is 0 Å². The van der Waals surface area contributed by atoms with Crippen molar-refractivity contribution in [3.63, 3.8) is 0 Å². The van der Waals surface area contributed by atoms with Gasteiger partial charge in [0.1, 0.15) is 0 Å². The first-order chi connectivity index (χ1) is 19.4. The third-order valence-corrected chi connectivity index (χ3v) is 9.28. The second-order valence-corrected chi connectivity index (χ2v) is 12.5. The van der Waals surface area contributed by atoms with E-state index in [9.17, 15) is 0 Å². The van der Waals surface area contributed by atoms with Crippen LogP contribution in [0.15, 0.2) is 36.4 Å². The predicted molar refractivity (Wildman–Crippen MR) is 173 cm³/mol. The van der Waals surface area contributed by atoms with Crippen LogP contribution in [-0.4, -0.2) is 48.7 Å². The molecule has 2 aliphatic heterocycles. The number of anilines is 2. The molecule has 2 aromatic carbocycles. The lowest BCUT2D eigenvalue weighted by atomic mass is 9.65. The van der Waals surface area contributed by atoms with Crippen LogP contribution in [0.1, 0.15) is 80.0 Å². The Morgan fingerprint density at radius 2 is 1.20 bits per heavy atom. The van der Waals surface area contributed by atoms with Crippen molar-refractivity contribution in [2.75, 3.05) is 36.9 Å². The number of hydrogen-bond acceptors (Lipinski definition) is 4. The van der Waals surface area contributed by atoms with E-state index in [1.807, 2.05) is 0 Å². The molecule has 2 heterocycles. The summed E-state index contributed by atoms with van der Waals surface area (Å²) in [6, 6.07) is 13.7. The fourth-order valence-corrected chi connectivity index (χ4v) is 6.85. The van der Waals surface area contributed by atoms with Crippen LogP contribution in [0.4, 0.5) is 11.4 Å². The van der Waals surface area contributed by atoms with E-state index in [-0.39, 0.29) is 17.6 Å². The molecule has 0 amide bonds. The number of ether oxygens (including phenoxy) is 2. The van der Waals surface area contributed by atoms with Crippen molar-refractivity contribution < 1.29 is 9.47 Å². The van der Waals surface area contributed by atoms with E-state index >= 15 is 0 Å². The minimum atomic E-state index is 0.0158. The zero-order valence-corrected chi connectivity index (χ0v) is 25.6. The molecule has 40 heavy (non-hydrogen) atoms. The van der Waals surface area contributed by atoms with Gasteiger partial charge in [0.2, 0.25) is 0 Å². The molecule has 1 aliphatic carbocycles. The minimum Gasteiger partial charge on any atom is -0.376 e. The maximum Gasteiger partial charge on any atom is 0.170 e. The van der Waals surface area contributed by atoms with Crippen LogP contribution in [-0.2, 0) is 14.9 Å². The standard InChI is InChI=1S/C32H44N4O2S2/c1-22-18-24(10-12-28(22)35-30(39)33-20-26-8-6-16-37-26)32(14-4-3-5-15-32)25-11-13-29(23(2)19-25)36-31(40)34-21-27-9-7-17-38-27/h10-13,18-19,26-27H,3-9,14-17,20-21H2,1-2H3,(H2,33,35,39)(H2,34,36,40). The zero-order chi connectivity index (χ0) is 28.0. The van der Waals surface area contributed by atoms with Crippen LogP contribution in [0.5, 0.6) is 0 Å². The molecule has 216 valence electrons. The first kappa shape index (κ1) is 29.2. The number of aryl methyl sites for hydroxylation is 2. The van der Waals surface area contributed by atoms with Gasteiger partial charge in [-0.05, 0) is 111 Å². The summed E-state index contributed by atoms with van der Waals surface area (Å²) in [5.41, 5.74) is 7.33. The molecule has 2 unspecified atom stereocenters. The van der Waals surface area contributed by atoms with Crippen molar-refractivity contribution in [3.8, 4) is 0 Å². The Balaban J connectivity index is 1.28. The molecular weight excluding hydrogens is 537 g/mol. The number of rotatable bonds is 8. The Labute approximate surface area is 250 Å². The summed E-state index contributed by atoms with van der Waals surface area (Å²) >= 11 is 11.2. The SMILES string of the molecule is Cc1cc(C2(c3ccc(NC(=S)NCC4CCCO4)c(C)c3)CCCCC2)ccc1NC(=S)NCC1CCCO1. The van der Waals surface area contributed by atoms with Crippen LogP contribution in [0.2, 0.25) is 0 Å². The van der Waals surface area contributed by atoms with E-state index in [0.29, 0.717) is 10.2 Å². The van der Waals surface area contributed by atoms with E-state index in [4.69, 9.17) is 33.9 Å². The smallest absolute Gasteiger partial charge is 0.170 e. The fourth-order valence-electron chi connectivity index (χ4n) is 6.46. The third kappa shape index (κ3) is 7.14. The molecular formula is C32H44N4O2S2. The van der Waals surface area contributed by atoms with Crippen LogP contribution >= 0.6 is 24.4 Å².